The number of benzene rings is 9. The van der Waals surface area contributed by atoms with Crippen LogP contribution in [-0.4, -0.2) is 19.5 Å². The van der Waals surface area contributed by atoms with E-state index in [0.717, 1.165) is 72.5 Å². The maximum absolute atomic E-state index is 6.59. The molecule has 0 aliphatic carbocycles. The summed E-state index contributed by atoms with van der Waals surface area (Å²) < 4.78 is 8.94. The van der Waals surface area contributed by atoms with Gasteiger partial charge in [-0.25, -0.2) is 15.0 Å². The first-order valence-corrected chi connectivity index (χ1v) is 21.1. The summed E-state index contributed by atoms with van der Waals surface area (Å²) in [4.78, 5) is 17.0. The third kappa shape index (κ3) is 6.49. The van der Waals surface area contributed by atoms with Crippen LogP contribution in [0.25, 0.3) is 94.7 Å². The van der Waals surface area contributed by atoms with Gasteiger partial charge in [-0.1, -0.05) is 140 Å². The van der Waals surface area contributed by atoms with Crippen molar-refractivity contribution in [3.8, 4) is 51.0 Å². The maximum Gasteiger partial charge on any atom is 0.164 e. The first kappa shape index (κ1) is 36.3. The fourth-order valence-corrected chi connectivity index (χ4v) is 8.81. The number of hydrogen-bond acceptors (Lipinski definition) is 5. The molecule has 0 fully saturated rings. The lowest BCUT2D eigenvalue weighted by molar-refractivity contribution is 0.669. The summed E-state index contributed by atoms with van der Waals surface area (Å²) in [5.41, 5.74) is 13.2. The minimum atomic E-state index is 0.592. The number of nitrogens with zero attached hydrogens (tertiary/aromatic N) is 5. The van der Waals surface area contributed by atoms with Crippen LogP contribution in [-0.2, 0) is 0 Å². The molecular formula is C57H37N5O. The first-order chi connectivity index (χ1) is 31.2. The summed E-state index contributed by atoms with van der Waals surface area (Å²) in [6.45, 7) is 0. The number of anilines is 3. The van der Waals surface area contributed by atoms with Crippen molar-refractivity contribution in [2.24, 2.45) is 0 Å². The summed E-state index contributed by atoms with van der Waals surface area (Å²) in [6.07, 6.45) is 0. The van der Waals surface area contributed by atoms with Gasteiger partial charge in [-0.15, -0.1) is 0 Å². The van der Waals surface area contributed by atoms with E-state index < -0.39 is 0 Å². The van der Waals surface area contributed by atoms with Crippen LogP contribution in [0.2, 0.25) is 0 Å². The fourth-order valence-electron chi connectivity index (χ4n) is 8.81. The standard InChI is InChI=1S/C57H37N5O/c1-4-14-39(15-5-1)55-58-56(40-16-6-2-7-17-40)60-57(59-55)42-27-35-50-49-34-26-41(36-53(49)63-54(50)37-42)38-24-28-44(29-25-38)61(43-18-8-3-9-19-43)45-30-32-46(33-31-45)62-51-22-12-10-20-47(51)48-21-11-13-23-52(48)62/h1-37H. The van der Waals surface area contributed by atoms with Gasteiger partial charge < -0.3 is 13.9 Å². The van der Waals surface area contributed by atoms with Crippen LogP contribution in [0.4, 0.5) is 17.1 Å². The van der Waals surface area contributed by atoms with Crippen molar-refractivity contribution in [2.75, 3.05) is 4.90 Å². The van der Waals surface area contributed by atoms with Gasteiger partial charge in [-0.05, 0) is 96.1 Å². The third-order valence-electron chi connectivity index (χ3n) is 11.9. The highest BCUT2D eigenvalue weighted by Crippen LogP contribution is 2.39. The fraction of sp³-hybridized carbons (Fsp3) is 0. The lowest BCUT2D eigenvalue weighted by Crippen LogP contribution is -2.10. The van der Waals surface area contributed by atoms with Gasteiger partial charge in [0.2, 0.25) is 0 Å². The second kappa shape index (κ2) is 15.1. The van der Waals surface area contributed by atoms with Gasteiger partial charge in [0.15, 0.2) is 17.5 Å². The van der Waals surface area contributed by atoms with Crippen molar-refractivity contribution < 1.29 is 4.42 Å². The van der Waals surface area contributed by atoms with Gasteiger partial charge >= 0.3 is 0 Å². The SMILES string of the molecule is c1ccc(-c2nc(-c3ccccc3)nc(-c3ccc4c(c3)oc3cc(-c5ccc(N(c6ccccc6)c6ccc(-n7c8ccccc8c8ccccc87)cc6)cc5)ccc34)n2)cc1. The zero-order valence-electron chi connectivity index (χ0n) is 34.0. The Hall–Kier alpha value is -8.61. The Bertz CT molecular complexity index is 3490. The lowest BCUT2D eigenvalue weighted by atomic mass is 10.0. The monoisotopic (exact) mass is 807 g/mol. The zero-order chi connectivity index (χ0) is 41.7. The molecule has 63 heavy (non-hydrogen) atoms. The molecule has 0 spiro atoms. The van der Waals surface area contributed by atoms with Crippen LogP contribution in [0.3, 0.4) is 0 Å². The van der Waals surface area contributed by atoms with Crippen molar-refractivity contribution in [2.45, 2.75) is 0 Å². The molecular weight excluding hydrogens is 771 g/mol. The molecule has 12 aromatic rings. The molecule has 0 N–H and O–H groups in total. The zero-order valence-corrected chi connectivity index (χ0v) is 34.0. The number of fused-ring (bicyclic) bond motifs is 6. The van der Waals surface area contributed by atoms with E-state index in [0.29, 0.717) is 17.5 Å². The van der Waals surface area contributed by atoms with E-state index in [-0.39, 0.29) is 0 Å². The first-order valence-electron chi connectivity index (χ1n) is 21.1. The molecule has 6 heteroatoms. The van der Waals surface area contributed by atoms with Crippen LogP contribution in [0.5, 0.6) is 0 Å². The van der Waals surface area contributed by atoms with E-state index in [1.807, 2.05) is 66.7 Å². The number of hydrogen-bond donors (Lipinski definition) is 0. The molecule has 296 valence electrons. The highest BCUT2D eigenvalue weighted by Gasteiger charge is 2.18. The lowest BCUT2D eigenvalue weighted by Gasteiger charge is -2.26. The predicted octanol–water partition coefficient (Wildman–Crippen LogP) is 15.0. The molecule has 12 rings (SSSR count). The van der Waals surface area contributed by atoms with E-state index in [1.54, 1.807) is 0 Å². The molecule has 3 heterocycles. The Balaban J connectivity index is 0.870. The number of rotatable bonds is 8. The maximum atomic E-state index is 6.59. The Morgan fingerprint density at radius 1 is 0.317 bits per heavy atom. The molecule has 6 nitrogen and oxygen atoms in total. The van der Waals surface area contributed by atoms with Crippen molar-refractivity contribution in [1.29, 1.82) is 0 Å². The summed E-state index contributed by atoms with van der Waals surface area (Å²) in [6, 6.07) is 78.2. The van der Waals surface area contributed by atoms with Gasteiger partial charge in [-0.2, -0.15) is 0 Å². The summed E-state index contributed by atoms with van der Waals surface area (Å²) in [5.74, 6) is 1.84. The molecule has 0 amide bonds. The molecule has 0 radical (unpaired) electrons. The largest absolute Gasteiger partial charge is 0.456 e. The Morgan fingerprint density at radius 2 is 0.730 bits per heavy atom. The average molecular weight is 808 g/mol. The highest BCUT2D eigenvalue weighted by molar-refractivity contribution is 6.09. The van der Waals surface area contributed by atoms with E-state index in [1.165, 1.54) is 21.8 Å². The van der Waals surface area contributed by atoms with E-state index in [2.05, 4.69) is 167 Å². The summed E-state index contributed by atoms with van der Waals surface area (Å²) in [7, 11) is 0. The number of furan rings is 1. The van der Waals surface area contributed by atoms with Crippen LogP contribution < -0.4 is 4.90 Å². The quantitative estimate of drug-likeness (QED) is 0.153. The van der Waals surface area contributed by atoms with Crippen LogP contribution >= 0.6 is 0 Å². The minimum Gasteiger partial charge on any atom is -0.456 e. The van der Waals surface area contributed by atoms with Crippen molar-refractivity contribution in [3.63, 3.8) is 0 Å². The Morgan fingerprint density at radius 3 is 1.29 bits per heavy atom. The second-order valence-corrected chi connectivity index (χ2v) is 15.7. The van der Waals surface area contributed by atoms with Gasteiger partial charge in [0.1, 0.15) is 11.2 Å². The van der Waals surface area contributed by atoms with Gasteiger partial charge in [0.05, 0.1) is 11.0 Å². The van der Waals surface area contributed by atoms with Crippen LogP contribution in [0, 0.1) is 0 Å². The third-order valence-corrected chi connectivity index (χ3v) is 11.9. The smallest absolute Gasteiger partial charge is 0.164 e. The number of aromatic nitrogens is 4. The van der Waals surface area contributed by atoms with Crippen molar-refractivity contribution in [3.05, 3.63) is 224 Å². The predicted molar refractivity (Wildman–Crippen MR) is 258 cm³/mol. The van der Waals surface area contributed by atoms with E-state index in [9.17, 15) is 0 Å². The number of para-hydroxylation sites is 3. The highest BCUT2D eigenvalue weighted by atomic mass is 16.3. The van der Waals surface area contributed by atoms with Crippen molar-refractivity contribution >= 4 is 60.8 Å². The molecule has 3 aromatic heterocycles. The minimum absolute atomic E-state index is 0.592. The van der Waals surface area contributed by atoms with Gasteiger partial charge in [0.25, 0.3) is 0 Å². The molecule has 0 unspecified atom stereocenters. The molecule has 9 aromatic carbocycles. The van der Waals surface area contributed by atoms with E-state index in [4.69, 9.17) is 19.4 Å². The topological polar surface area (TPSA) is 60.0 Å². The summed E-state index contributed by atoms with van der Waals surface area (Å²) >= 11 is 0. The molecule has 0 saturated carbocycles. The normalized spacial score (nSPS) is 11.5. The Kier molecular flexibility index (Phi) is 8.71. The van der Waals surface area contributed by atoms with Crippen molar-refractivity contribution in [1.82, 2.24) is 19.5 Å². The molecule has 0 aliphatic rings. The van der Waals surface area contributed by atoms with Gasteiger partial charge in [0, 0.05) is 61.0 Å². The molecule has 0 bridgehead atoms. The summed E-state index contributed by atoms with van der Waals surface area (Å²) in [5, 5.41) is 4.60. The van der Waals surface area contributed by atoms with Crippen LogP contribution in [0.15, 0.2) is 229 Å². The average Bonchev–Trinajstić information content (AvgIpc) is 3.90. The Labute approximate surface area is 363 Å². The molecule has 0 atom stereocenters. The molecule has 0 saturated heterocycles. The molecule has 0 aliphatic heterocycles. The second-order valence-electron chi connectivity index (χ2n) is 15.7. The van der Waals surface area contributed by atoms with E-state index >= 15 is 0 Å². The van der Waals surface area contributed by atoms with Gasteiger partial charge in [-0.3, -0.25) is 0 Å². The van der Waals surface area contributed by atoms with Crippen LogP contribution in [0.1, 0.15) is 0 Å².